The maximum Gasteiger partial charge on any atom is 0.339 e. The van der Waals surface area contributed by atoms with Crippen LogP contribution in [-0.2, 0) is 6.54 Å². The summed E-state index contributed by atoms with van der Waals surface area (Å²) in [5.74, 6) is -0.948. The number of aryl methyl sites for hydroxylation is 1. The van der Waals surface area contributed by atoms with Crippen LogP contribution in [0.15, 0.2) is 42.6 Å². The van der Waals surface area contributed by atoms with Gasteiger partial charge in [0.15, 0.2) is 0 Å². The molecule has 1 heterocycles. The first-order valence-electron chi connectivity index (χ1n) is 6.99. The van der Waals surface area contributed by atoms with E-state index in [9.17, 15) is 9.90 Å². The molecule has 0 spiro atoms. The van der Waals surface area contributed by atoms with Gasteiger partial charge in [0.2, 0.25) is 0 Å². The highest BCUT2D eigenvalue weighted by molar-refractivity contribution is 5.94. The first-order valence-corrected chi connectivity index (χ1v) is 6.99. The van der Waals surface area contributed by atoms with Crippen LogP contribution >= 0.6 is 0 Å². The standard InChI is InChI=1S/C17H20N2O2/c1-12(2)19(11-14-7-5-4-6-8-14)16-9-13(3)18-10-15(16)17(20)21/h4-10,12H,11H2,1-3H3,(H,20,21). The number of aromatic carboxylic acids is 1. The fourth-order valence-electron chi connectivity index (χ4n) is 2.27. The molecule has 0 saturated carbocycles. The van der Waals surface area contributed by atoms with Crippen molar-refractivity contribution in [1.29, 1.82) is 0 Å². The topological polar surface area (TPSA) is 53.4 Å². The zero-order valence-electron chi connectivity index (χ0n) is 12.6. The molecular weight excluding hydrogens is 264 g/mol. The molecule has 0 saturated heterocycles. The molecule has 2 aromatic rings. The van der Waals surface area contributed by atoms with Gasteiger partial charge in [-0.3, -0.25) is 4.98 Å². The largest absolute Gasteiger partial charge is 0.478 e. The highest BCUT2D eigenvalue weighted by Crippen LogP contribution is 2.25. The number of hydrogen-bond donors (Lipinski definition) is 1. The quantitative estimate of drug-likeness (QED) is 0.913. The molecule has 0 aliphatic rings. The number of carboxylic acids is 1. The third kappa shape index (κ3) is 3.60. The monoisotopic (exact) mass is 284 g/mol. The number of nitrogens with zero attached hydrogens (tertiary/aromatic N) is 2. The fraction of sp³-hybridized carbons (Fsp3) is 0.294. The van der Waals surface area contributed by atoms with Crippen molar-refractivity contribution in [3.05, 3.63) is 59.4 Å². The summed E-state index contributed by atoms with van der Waals surface area (Å²) in [6.45, 7) is 6.66. The average molecular weight is 284 g/mol. The molecule has 0 atom stereocenters. The summed E-state index contributed by atoms with van der Waals surface area (Å²) in [7, 11) is 0. The molecule has 1 aromatic heterocycles. The van der Waals surface area contributed by atoms with E-state index in [2.05, 4.69) is 23.7 Å². The Balaban J connectivity index is 2.43. The summed E-state index contributed by atoms with van der Waals surface area (Å²) in [4.78, 5) is 17.6. The summed E-state index contributed by atoms with van der Waals surface area (Å²) >= 11 is 0. The molecule has 1 N–H and O–H groups in total. The summed E-state index contributed by atoms with van der Waals surface area (Å²) in [6, 6.07) is 12.1. The second-order valence-corrected chi connectivity index (χ2v) is 5.36. The van der Waals surface area contributed by atoms with Gasteiger partial charge in [-0.05, 0) is 32.4 Å². The number of anilines is 1. The van der Waals surface area contributed by atoms with E-state index in [1.165, 1.54) is 6.20 Å². The van der Waals surface area contributed by atoms with Gasteiger partial charge in [-0.1, -0.05) is 30.3 Å². The number of benzene rings is 1. The lowest BCUT2D eigenvalue weighted by Gasteiger charge is -2.30. The van der Waals surface area contributed by atoms with Crippen LogP contribution in [0.25, 0.3) is 0 Å². The Morgan fingerprint density at radius 3 is 2.52 bits per heavy atom. The Labute approximate surface area is 125 Å². The molecule has 2 rings (SSSR count). The van der Waals surface area contributed by atoms with Crippen molar-refractivity contribution in [3.8, 4) is 0 Å². The molecule has 0 bridgehead atoms. The van der Waals surface area contributed by atoms with Crippen LogP contribution in [0.5, 0.6) is 0 Å². The van der Waals surface area contributed by atoms with E-state index < -0.39 is 5.97 Å². The van der Waals surface area contributed by atoms with E-state index >= 15 is 0 Å². The van der Waals surface area contributed by atoms with Gasteiger partial charge in [-0.15, -0.1) is 0 Å². The molecule has 0 radical (unpaired) electrons. The maximum absolute atomic E-state index is 11.4. The third-order valence-electron chi connectivity index (χ3n) is 3.38. The molecule has 0 amide bonds. The number of hydrogen-bond acceptors (Lipinski definition) is 3. The lowest BCUT2D eigenvalue weighted by Crippen LogP contribution is -2.31. The smallest absolute Gasteiger partial charge is 0.339 e. The number of carbonyl (C=O) groups is 1. The van der Waals surface area contributed by atoms with E-state index in [1.54, 1.807) is 0 Å². The Kier molecular flexibility index (Phi) is 4.58. The molecule has 0 aliphatic heterocycles. The SMILES string of the molecule is Cc1cc(N(Cc2ccccc2)C(C)C)c(C(=O)O)cn1. The summed E-state index contributed by atoms with van der Waals surface area (Å²) in [6.07, 6.45) is 1.44. The summed E-state index contributed by atoms with van der Waals surface area (Å²) in [5.41, 5.74) is 2.92. The molecule has 0 fully saturated rings. The van der Waals surface area contributed by atoms with Gasteiger partial charge < -0.3 is 10.0 Å². The van der Waals surface area contributed by atoms with Crippen LogP contribution < -0.4 is 4.90 Å². The lowest BCUT2D eigenvalue weighted by molar-refractivity contribution is 0.0697. The fourth-order valence-corrected chi connectivity index (χ4v) is 2.27. The molecule has 21 heavy (non-hydrogen) atoms. The van der Waals surface area contributed by atoms with Crippen molar-refractivity contribution < 1.29 is 9.90 Å². The van der Waals surface area contributed by atoms with Gasteiger partial charge in [-0.2, -0.15) is 0 Å². The van der Waals surface area contributed by atoms with E-state index in [1.807, 2.05) is 43.3 Å². The number of rotatable bonds is 5. The van der Waals surface area contributed by atoms with Crippen molar-refractivity contribution in [2.45, 2.75) is 33.4 Å². The normalized spacial score (nSPS) is 10.7. The molecule has 4 nitrogen and oxygen atoms in total. The average Bonchev–Trinajstić information content (AvgIpc) is 2.45. The Morgan fingerprint density at radius 1 is 1.29 bits per heavy atom. The summed E-state index contributed by atoms with van der Waals surface area (Å²) in [5, 5.41) is 9.39. The van der Waals surface area contributed by atoms with Crippen LogP contribution in [0.3, 0.4) is 0 Å². The number of carboxylic acid groups (broad SMARTS) is 1. The summed E-state index contributed by atoms with van der Waals surface area (Å²) < 4.78 is 0. The van der Waals surface area contributed by atoms with E-state index in [0.29, 0.717) is 12.2 Å². The van der Waals surface area contributed by atoms with Crippen LogP contribution in [0.4, 0.5) is 5.69 Å². The second kappa shape index (κ2) is 6.39. The molecule has 110 valence electrons. The van der Waals surface area contributed by atoms with Crippen molar-refractivity contribution >= 4 is 11.7 Å². The van der Waals surface area contributed by atoms with Crippen LogP contribution in [0.1, 0.15) is 35.5 Å². The minimum Gasteiger partial charge on any atom is -0.478 e. The minimum absolute atomic E-state index is 0.185. The minimum atomic E-state index is -0.948. The first-order chi connectivity index (χ1) is 9.99. The first kappa shape index (κ1) is 15.0. The zero-order valence-corrected chi connectivity index (χ0v) is 12.6. The van der Waals surface area contributed by atoms with E-state index in [0.717, 1.165) is 11.3 Å². The second-order valence-electron chi connectivity index (χ2n) is 5.36. The highest BCUT2D eigenvalue weighted by Gasteiger charge is 2.19. The van der Waals surface area contributed by atoms with Crippen molar-refractivity contribution in [2.24, 2.45) is 0 Å². The Morgan fingerprint density at radius 2 is 1.95 bits per heavy atom. The lowest BCUT2D eigenvalue weighted by atomic mass is 10.1. The van der Waals surface area contributed by atoms with Crippen molar-refractivity contribution in [2.75, 3.05) is 4.90 Å². The third-order valence-corrected chi connectivity index (χ3v) is 3.38. The number of aromatic nitrogens is 1. The van der Waals surface area contributed by atoms with Crippen LogP contribution in [-0.4, -0.2) is 22.1 Å². The van der Waals surface area contributed by atoms with E-state index in [-0.39, 0.29) is 11.6 Å². The predicted octanol–water partition coefficient (Wildman–Crippen LogP) is 3.50. The van der Waals surface area contributed by atoms with E-state index in [4.69, 9.17) is 0 Å². The molecule has 0 unspecified atom stereocenters. The molecule has 4 heteroatoms. The molecule has 1 aromatic carbocycles. The van der Waals surface area contributed by atoms with Crippen molar-refractivity contribution in [3.63, 3.8) is 0 Å². The van der Waals surface area contributed by atoms with Gasteiger partial charge in [0.05, 0.1) is 5.69 Å². The Bertz CT molecular complexity index is 624. The van der Waals surface area contributed by atoms with Gasteiger partial charge in [0.1, 0.15) is 5.56 Å². The van der Waals surface area contributed by atoms with Crippen LogP contribution in [0, 0.1) is 6.92 Å². The van der Waals surface area contributed by atoms with Gasteiger partial charge in [0, 0.05) is 24.5 Å². The van der Waals surface area contributed by atoms with Crippen molar-refractivity contribution in [1.82, 2.24) is 4.98 Å². The maximum atomic E-state index is 11.4. The molecule has 0 aliphatic carbocycles. The zero-order chi connectivity index (χ0) is 15.4. The van der Waals surface area contributed by atoms with Gasteiger partial charge >= 0.3 is 5.97 Å². The van der Waals surface area contributed by atoms with Gasteiger partial charge in [-0.25, -0.2) is 4.79 Å². The van der Waals surface area contributed by atoms with Crippen LogP contribution in [0.2, 0.25) is 0 Å². The Hall–Kier alpha value is -2.36. The number of pyridine rings is 1. The predicted molar refractivity (Wildman–Crippen MR) is 83.7 cm³/mol. The highest BCUT2D eigenvalue weighted by atomic mass is 16.4. The van der Waals surface area contributed by atoms with Gasteiger partial charge in [0.25, 0.3) is 0 Å². The molecular formula is C17H20N2O2.